The number of benzene rings is 3. The predicted molar refractivity (Wildman–Crippen MR) is 109 cm³/mol. The highest BCUT2D eigenvalue weighted by Gasteiger charge is 2.32. The van der Waals surface area contributed by atoms with E-state index in [1.165, 1.54) is 22.3 Å². The number of fused-ring (bicyclic) bond motifs is 1. The molecule has 0 fully saturated rings. The van der Waals surface area contributed by atoms with Gasteiger partial charge in [-0.05, 0) is 66.4 Å². The first kappa shape index (κ1) is 18.1. The van der Waals surface area contributed by atoms with E-state index in [0.717, 1.165) is 16.1 Å². The smallest absolute Gasteiger partial charge is 0.288 e. The number of rotatable bonds is 3. The highest BCUT2D eigenvalue weighted by molar-refractivity contribution is 8.01. The largest absolute Gasteiger partial charge is 0.339 e. The second kappa shape index (κ2) is 7.37. The molecule has 0 aromatic heterocycles. The molecule has 2 amide bonds. The Bertz CT molecular complexity index is 1090. The molecule has 0 atom stereocenters. The Kier molecular flexibility index (Phi) is 4.76. The Balaban J connectivity index is 1.72. The Morgan fingerprint density at radius 1 is 1.07 bits per heavy atom. The van der Waals surface area contributed by atoms with E-state index in [4.69, 9.17) is 5.26 Å². The topological polar surface area (TPSA) is 47.3 Å². The number of hydrogen-bond acceptors (Lipinski definition) is 3. The van der Waals surface area contributed by atoms with Crippen molar-refractivity contribution in [1.29, 1.82) is 5.26 Å². The van der Waals surface area contributed by atoms with Gasteiger partial charge in [-0.1, -0.05) is 30.3 Å². The Morgan fingerprint density at radius 2 is 1.82 bits per heavy atom. The van der Waals surface area contributed by atoms with Crippen molar-refractivity contribution in [3.63, 3.8) is 0 Å². The number of amides is 2. The molecule has 0 saturated heterocycles. The van der Waals surface area contributed by atoms with Crippen LogP contribution < -0.4 is 9.21 Å². The third-order valence-corrected chi connectivity index (χ3v) is 5.66. The first-order chi connectivity index (χ1) is 13.6. The van der Waals surface area contributed by atoms with Crippen molar-refractivity contribution in [2.45, 2.75) is 18.4 Å². The second-order valence-electron chi connectivity index (χ2n) is 6.46. The molecule has 3 aromatic carbocycles. The van der Waals surface area contributed by atoms with Gasteiger partial charge in [0.15, 0.2) is 0 Å². The van der Waals surface area contributed by atoms with E-state index in [2.05, 4.69) is 6.07 Å². The summed E-state index contributed by atoms with van der Waals surface area (Å²) >= 11 is 1.29. The van der Waals surface area contributed by atoms with Gasteiger partial charge in [0.25, 0.3) is 0 Å². The van der Waals surface area contributed by atoms with E-state index < -0.39 is 0 Å². The molecule has 0 spiro atoms. The SMILES string of the molecule is Cc1ccc(N2Sc3ccccc3N(Cc3ccc(C#N)cc3)C2=O)cc1F. The lowest BCUT2D eigenvalue weighted by Gasteiger charge is -2.36. The average Bonchev–Trinajstić information content (AvgIpc) is 2.72. The third-order valence-electron chi connectivity index (χ3n) is 4.56. The Labute approximate surface area is 166 Å². The number of para-hydroxylation sites is 1. The summed E-state index contributed by atoms with van der Waals surface area (Å²) in [5.41, 5.74) is 3.32. The standard InChI is InChI=1S/C22H16FN3OS/c1-15-6-11-18(12-19(15)23)26-22(27)25(20-4-2-3-5-21(20)28-26)14-17-9-7-16(13-24)8-10-17/h2-12H,14H2,1H3. The number of aryl methyl sites for hydroxylation is 1. The van der Waals surface area contributed by atoms with Crippen LogP contribution in [0.3, 0.4) is 0 Å². The van der Waals surface area contributed by atoms with Gasteiger partial charge in [0.05, 0.1) is 34.4 Å². The first-order valence-corrected chi connectivity index (χ1v) is 9.48. The molecule has 1 heterocycles. The number of nitriles is 1. The van der Waals surface area contributed by atoms with Crippen molar-refractivity contribution in [1.82, 2.24) is 0 Å². The molecule has 138 valence electrons. The van der Waals surface area contributed by atoms with E-state index in [1.54, 1.807) is 36.1 Å². The fourth-order valence-electron chi connectivity index (χ4n) is 3.00. The number of nitrogens with zero attached hydrogens (tertiary/aromatic N) is 3. The summed E-state index contributed by atoms with van der Waals surface area (Å²) in [5, 5.41) is 8.97. The average molecular weight is 389 g/mol. The summed E-state index contributed by atoms with van der Waals surface area (Å²) in [6.45, 7) is 2.05. The van der Waals surface area contributed by atoms with Crippen molar-refractivity contribution in [2.24, 2.45) is 0 Å². The fourth-order valence-corrected chi connectivity index (χ4v) is 4.00. The van der Waals surface area contributed by atoms with Gasteiger partial charge in [-0.2, -0.15) is 5.26 Å². The molecule has 1 aliphatic rings. The molecule has 0 radical (unpaired) electrons. The van der Waals surface area contributed by atoms with Gasteiger partial charge >= 0.3 is 6.03 Å². The van der Waals surface area contributed by atoms with Crippen LogP contribution in [0.5, 0.6) is 0 Å². The minimum atomic E-state index is -0.344. The van der Waals surface area contributed by atoms with Crippen LogP contribution in [0.25, 0.3) is 0 Å². The molecule has 1 aliphatic heterocycles. The zero-order valence-corrected chi connectivity index (χ0v) is 15.9. The minimum absolute atomic E-state index is 0.240. The van der Waals surface area contributed by atoms with Crippen LogP contribution in [0.2, 0.25) is 0 Å². The second-order valence-corrected chi connectivity index (χ2v) is 7.45. The van der Waals surface area contributed by atoms with Crippen LogP contribution in [-0.2, 0) is 6.54 Å². The van der Waals surface area contributed by atoms with Crippen molar-refractivity contribution in [2.75, 3.05) is 9.21 Å². The molecule has 3 aromatic rings. The van der Waals surface area contributed by atoms with Crippen molar-refractivity contribution in [3.8, 4) is 6.07 Å². The maximum atomic E-state index is 14.1. The highest BCUT2D eigenvalue weighted by atomic mass is 32.2. The molecule has 4 nitrogen and oxygen atoms in total. The lowest BCUT2D eigenvalue weighted by Crippen LogP contribution is -2.42. The van der Waals surface area contributed by atoms with Crippen LogP contribution >= 0.6 is 11.9 Å². The molecular formula is C22H16FN3OS. The summed E-state index contributed by atoms with van der Waals surface area (Å²) in [7, 11) is 0. The summed E-state index contributed by atoms with van der Waals surface area (Å²) in [6.07, 6.45) is 0. The van der Waals surface area contributed by atoms with E-state index in [1.807, 2.05) is 36.4 Å². The van der Waals surface area contributed by atoms with Crippen molar-refractivity contribution < 1.29 is 9.18 Å². The number of carbonyl (C=O) groups is 1. The molecule has 0 N–H and O–H groups in total. The predicted octanol–water partition coefficient (Wildman–Crippen LogP) is 5.66. The van der Waals surface area contributed by atoms with Gasteiger partial charge in [0, 0.05) is 0 Å². The summed E-state index contributed by atoms with van der Waals surface area (Å²) in [4.78, 5) is 15.9. The van der Waals surface area contributed by atoms with Gasteiger partial charge in [-0.3, -0.25) is 4.90 Å². The van der Waals surface area contributed by atoms with Crippen LogP contribution in [0.4, 0.5) is 20.6 Å². The van der Waals surface area contributed by atoms with Gasteiger partial charge in [0.2, 0.25) is 0 Å². The minimum Gasteiger partial charge on any atom is -0.288 e. The van der Waals surface area contributed by atoms with Gasteiger partial charge in [-0.15, -0.1) is 0 Å². The number of urea groups is 1. The monoisotopic (exact) mass is 389 g/mol. The van der Waals surface area contributed by atoms with Crippen LogP contribution in [0, 0.1) is 24.1 Å². The molecule has 28 heavy (non-hydrogen) atoms. The molecule has 6 heteroatoms. The Hall–Kier alpha value is -3.30. The van der Waals surface area contributed by atoms with Crippen LogP contribution in [0.1, 0.15) is 16.7 Å². The highest BCUT2D eigenvalue weighted by Crippen LogP contribution is 2.42. The van der Waals surface area contributed by atoms with E-state index in [9.17, 15) is 9.18 Å². The van der Waals surface area contributed by atoms with Crippen molar-refractivity contribution >= 4 is 29.4 Å². The molecular weight excluding hydrogens is 373 g/mol. The van der Waals surface area contributed by atoms with E-state index in [-0.39, 0.29) is 11.8 Å². The summed E-state index contributed by atoms with van der Waals surface area (Å²) < 4.78 is 15.6. The lowest BCUT2D eigenvalue weighted by molar-refractivity contribution is 0.254. The summed E-state index contributed by atoms with van der Waals surface area (Å²) in [5.74, 6) is -0.344. The normalized spacial score (nSPS) is 13.2. The third kappa shape index (κ3) is 3.32. The maximum absolute atomic E-state index is 14.1. The fraction of sp³-hybridized carbons (Fsp3) is 0.0909. The number of carbonyl (C=O) groups excluding carboxylic acids is 1. The number of anilines is 2. The number of hydrogen-bond donors (Lipinski definition) is 0. The van der Waals surface area contributed by atoms with Crippen molar-refractivity contribution in [3.05, 3.63) is 89.2 Å². The van der Waals surface area contributed by atoms with E-state index >= 15 is 0 Å². The first-order valence-electron chi connectivity index (χ1n) is 8.70. The zero-order chi connectivity index (χ0) is 19.7. The van der Waals surface area contributed by atoms with Crippen LogP contribution in [-0.4, -0.2) is 6.03 Å². The molecule has 0 unspecified atom stereocenters. The van der Waals surface area contributed by atoms with E-state index in [0.29, 0.717) is 23.4 Å². The zero-order valence-electron chi connectivity index (χ0n) is 15.1. The molecule has 0 aliphatic carbocycles. The van der Waals surface area contributed by atoms with Crippen LogP contribution in [0.15, 0.2) is 71.6 Å². The quantitative estimate of drug-likeness (QED) is 0.543. The molecule has 0 saturated carbocycles. The van der Waals surface area contributed by atoms with Gasteiger partial charge < -0.3 is 0 Å². The van der Waals surface area contributed by atoms with Gasteiger partial charge in [0.1, 0.15) is 5.82 Å². The lowest BCUT2D eigenvalue weighted by atomic mass is 10.1. The molecule has 0 bridgehead atoms. The maximum Gasteiger partial charge on any atom is 0.339 e. The summed E-state index contributed by atoms with van der Waals surface area (Å²) in [6, 6.07) is 21.4. The number of halogens is 1. The Morgan fingerprint density at radius 3 is 2.54 bits per heavy atom. The van der Waals surface area contributed by atoms with Gasteiger partial charge in [-0.25, -0.2) is 13.5 Å². The molecule has 4 rings (SSSR count).